The molecule has 1 aromatic heterocycles. The molecule has 1 heterocycles. The first-order valence-corrected chi connectivity index (χ1v) is 8.17. The van der Waals surface area contributed by atoms with Gasteiger partial charge in [0.25, 0.3) is 0 Å². The number of rotatable bonds is 9. The minimum absolute atomic E-state index is 0.244. The van der Waals surface area contributed by atoms with Gasteiger partial charge < -0.3 is 11.1 Å². The van der Waals surface area contributed by atoms with Crippen LogP contribution < -0.4 is 11.1 Å². The molecule has 108 valence electrons. The first kappa shape index (κ1) is 16.4. The standard InChI is InChI=1S/C12H22N4OS2/c1-9(2)16-12(3,10(13)17)6-4-5-7-18-11-14-8-15-19-11/h8-9,16H,4-7H2,1-3H3,(H2,13,17). The molecule has 3 N–H and O–H groups in total. The number of nitrogens with two attached hydrogens (primary N) is 1. The van der Waals surface area contributed by atoms with Crippen LogP contribution in [0.2, 0.25) is 0 Å². The second kappa shape index (κ2) is 7.81. The number of primary amides is 1. The number of thioether (sulfide) groups is 1. The second-order valence-corrected chi connectivity index (χ2v) is 7.13. The average Bonchev–Trinajstić information content (AvgIpc) is 2.80. The molecule has 0 aromatic carbocycles. The van der Waals surface area contributed by atoms with Crippen molar-refractivity contribution in [3.05, 3.63) is 6.33 Å². The van der Waals surface area contributed by atoms with Crippen LogP contribution in [0.1, 0.15) is 40.0 Å². The van der Waals surface area contributed by atoms with Crippen molar-refractivity contribution in [1.82, 2.24) is 14.7 Å². The minimum Gasteiger partial charge on any atom is -0.368 e. The molecular weight excluding hydrogens is 280 g/mol. The Balaban J connectivity index is 2.26. The first-order valence-electron chi connectivity index (χ1n) is 6.41. The molecule has 0 aliphatic rings. The second-order valence-electron chi connectivity index (χ2n) is 5.01. The average molecular weight is 302 g/mol. The molecular formula is C12H22N4OS2. The fourth-order valence-corrected chi connectivity index (χ4v) is 3.38. The van der Waals surface area contributed by atoms with Crippen molar-refractivity contribution in [3.63, 3.8) is 0 Å². The summed E-state index contributed by atoms with van der Waals surface area (Å²) in [4.78, 5) is 15.7. The molecule has 0 spiro atoms. The first-order chi connectivity index (χ1) is 8.94. The van der Waals surface area contributed by atoms with Crippen LogP contribution in [0, 0.1) is 0 Å². The SMILES string of the molecule is CC(C)NC(C)(CCCCSc1ncns1)C(N)=O. The van der Waals surface area contributed by atoms with Crippen molar-refractivity contribution >= 4 is 29.2 Å². The van der Waals surface area contributed by atoms with E-state index in [1.165, 1.54) is 11.5 Å². The van der Waals surface area contributed by atoms with Gasteiger partial charge in [0.1, 0.15) is 6.33 Å². The summed E-state index contributed by atoms with van der Waals surface area (Å²) in [7, 11) is 0. The van der Waals surface area contributed by atoms with Crippen LogP contribution in [0.5, 0.6) is 0 Å². The molecule has 1 unspecified atom stereocenters. The molecule has 19 heavy (non-hydrogen) atoms. The summed E-state index contributed by atoms with van der Waals surface area (Å²) in [5.74, 6) is 0.712. The van der Waals surface area contributed by atoms with Crippen molar-refractivity contribution < 1.29 is 4.79 Å². The van der Waals surface area contributed by atoms with Gasteiger partial charge in [-0.3, -0.25) is 4.79 Å². The number of amides is 1. The largest absolute Gasteiger partial charge is 0.368 e. The lowest BCUT2D eigenvalue weighted by Gasteiger charge is -2.29. The summed E-state index contributed by atoms with van der Waals surface area (Å²) >= 11 is 3.12. The number of unbranched alkanes of at least 4 members (excludes halogenated alkanes) is 1. The lowest BCUT2D eigenvalue weighted by Crippen LogP contribution is -2.55. The minimum atomic E-state index is -0.610. The highest BCUT2D eigenvalue weighted by molar-refractivity contribution is 8.00. The molecule has 0 aliphatic heterocycles. The highest BCUT2D eigenvalue weighted by Crippen LogP contribution is 2.21. The maximum atomic E-state index is 11.5. The van der Waals surface area contributed by atoms with Crippen molar-refractivity contribution in [1.29, 1.82) is 0 Å². The fraction of sp³-hybridized carbons (Fsp3) is 0.750. The Kier molecular flexibility index (Phi) is 6.74. The van der Waals surface area contributed by atoms with Crippen LogP contribution in [0.15, 0.2) is 10.7 Å². The third-order valence-electron chi connectivity index (χ3n) is 2.79. The van der Waals surface area contributed by atoms with Gasteiger partial charge in [-0.2, -0.15) is 4.37 Å². The third-order valence-corrected chi connectivity index (χ3v) is 4.67. The van der Waals surface area contributed by atoms with E-state index in [0.29, 0.717) is 0 Å². The van der Waals surface area contributed by atoms with Crippen LogP contribution in [0.3, 0.4) is 0 Å². The van der Waals surface area contributed by atoms with E-state index in [1.807, 2.05) is 20.8 Å². The Labute approximate surface area is 122 Å². The van der Waals surface area contributed by atoms with Gasteiger partial charge in [-0.1, -0.05) is 18.2 Å². The highest BCUT2D eigenvalue weighted by Gasteiger charge is 2.30. The number of carbonyl (C=O) groups is 1. The molecule has 0 aliphatic carbocycles. The van der Waals surface area contributed by atoms with Crippen molar-refractivity contribution in [3.8, 4) is 0 Å². The van der Waals surface area contributed by atoms with Crippen molar-refractivity contribution in [2.45, 2.75) is 56.0 Å². The maximum absolute atomic E-state index is 11.5. The molecule has 1 atom stereocenters. The number of nitrogens with one attached hydrogen (secondary N) is 1. The van der Waals surface area contributed by atoms with E-state index in [0.717, 1.165) is 29.4 Å². The zero-order valence-corrected chi connectivity index (χ0v) is 13.3. The van der Waals surface area contributed by atoms with Crippen molar-refractivity contribution in [2.75, 3.05) is 5.75 Å². The molecule has 1 rings (SSSR count). The van der Waals surface area contributed by atoms with E-state index >= 15 is 0 Å². The molecule has 0 fully saturated rings. The van der Waals surface area contributed by atoms with E-state index in [1.54, 1.807) is 18.1 Å². The van der Waals surface area contributed by atoms with Crippen LogP contribution in [0.25, 0.3) is 0 Å². The number of nitrogens with zero attached hydrogens (tertiary/aromatic N) is 2. The number of carbonyl (C=O) groups excluding carboxylic acids is 1. The summed E-state index contributed by atoms with van der Waals surface area (Å²) < 4.78 is 4.95. The molecule has 0 saturated heterocycles. The summed E-state index contributed by atoms with van der Waals surface area (Å²) in [5, 5.41) is 3.26. The Morgan fingerprint density at radius 1 is 1.58 bits per heavy atom. The third kappa shape index (κ3) is 5.88. The van der Waals surface area contributed by atoms with Gasteiger partial charge in [-0.15, -0.1) is 0 Å². The molecule has 1 aromatic rings. The van der Waals surface area contributed by atoms with Crippen LogP contribution in [-0.2, 0) is 4.79 Å². The molecule has 0 bridgehead atoms. The quantitative estimate of drug-likeness (QED) is 0.539. The Morgan fingerprint density at radius 2 is 2.32 bits per heavy atom. The lowest BCUT2D eigenvalue weighted by atomic mass is 9.93. The zero-order chi connectivity index (χ0) is 14.3. The van der Waals surface area contributed by atoms with E-state index in [2.05, 4.69) is 14.7 Å². The summed E-state index contributed by atoms with van der Waals surface area (Å²) in [6.45, 7) is 5.92. The Hall–Kier alpha value is -0.660. The lowest BCUT2D eigenvalue weighted by molar-refractivity contribution is -0.124. The van der Waals surface area contributed by atoms with Gasteiger partial charge in [-0.25, -0.2) is 4.98 Å². The predicted molar refractivity (Wildman–Crippen MR) is 80.4 cm³/mol. The molecule has 1 amide bonds. The van der Waals surface area contributed by atoms with E-state index in [-0.39, 0.29) is 11.9 Å². The Bertz CT molecular complexity index is 383. The highest BCUT2D eigenvalue weighted by atomic mass is 32.2. The van der Waals surface area contributed by atoms with Gasteiger partial charge in [0, 0.05) is 11.8 Å². The molecule has 5 nitrogen and oxygen atoms in total. The van der Waals surface area contributed by atoms with Gasteiger partial charge >= 0.3 is 0 Å². The number of aromatic nitrogens is 2. The predicted octanol–water partition coefficient (Wildman–Crippen LogP) is 2.04. The van der Waals surface area contributed by atoms with Gasteiger partial charge in [0.15, 0.2) is 4.34 Å². The molecule has 0 saturated carbocycles. The molecule has 0 radical (unpaired) electrons. The monoisotopic (exact) mass is 302 g/mol. The Morgan fingerprint density at radius 3 is 2.84 bits per heavy atom. The normalized spacial score (nSPS) is 14.5. The van der Waals surface area contributed by atoms with Crippen molar-refractivity contribution in [2.24, 2.45) is 5.73 Å². The summed E-state index contributed by atoms with van der Waals surface area (Å²) in [6.07, 6.45) is 4.33. The molecule has 7 heteroatoms. The van der Waals surface area contributed by atoms with Gasteiger partial charge in [0.05, 0.1) is 5.54 Å². The maximum Gasteiger partial charge on any atom is 0.237 e. The van der Waals surface area contributed by atoms with Crippen LogP contribution >= 0.6 is 23.3 Å². The summed E-state index contributed by atoms with van der Waals surface area (Å²) in [6, 6.07) is 0.244. The number of hydrogen-bond donors (Lipinski definition) is 2. The van der Waals surface area contributed by atoms with Gasteiger partial charge in [-0.05, 0) is 45.1 Å². The van der Waals surface area contributed by atoms with E-state index in [4.69, 9.17) is 5.73 Å². The van der Waals surface area contributed by atoms with E-state index in [9.17, 15) is 4.79 Å². The number of hydrogen-bond acceptors (Lipinski definition) is 6. The fourth-order valence-electron chi connectivity index (χ4n) is 1.87. The van der Waals surface area contributed by atoms with E-state index < -0.39 is 5.54 Å². The topological polar surface area (TPSA) is 80.9 Å². The van der Waals surface area contributed by atoms with Crippen LogP contribution in [0.4, 0.5) is 0 Å². The smallest absolute Gasteiger partial charge is 0.237 e. The summed E-state index contributed by atoms with van der Waals surface area (Å²) in [5.41, 5.74) is 4.88. The van der Waals surface area contributed by atoms with Gasteiger partial charge in [0.2, 0.25) is 5.91 Å². The zero-order valence-electron chi connectivity index (χ0n) is 11.7. The van der Waals surface area contributed by atoms with Crippen LogP contribution in [-0.4, -0.2) is 32.6 Å².